The lowest BCUT2D eigenvalue weighted by Gasteiger charge is -2.09. The highest BCUT2D eigenvalue weighted by Crippen LogP contribution is 2.22. The highest BCUT2D eigenvalue weighted by molar-refractivity contribution is 6.01. The van der Waals surface area contributed by atoms with E-state index >= 15 is 0 Å². The fourth-order valence-electron chi connectivity index (χ4n) is 1.16. The Labute approximate surface area is 95.3 Å². The van der Waals surface area contributed by atoms with Crippen LogP contribution in [-0.2, 0) is 4.74 Å². The van der Waals surface area contributed by atoms with Gasteiger partial charge in [0.25, 0.3) is 0 Å². The van der Waals surface area contributed by atoms with E-state index in [0.717, 1.165) is 12.1 Å². The average molecular weight is 249 g/mol. The fraction of sp³-hybridized carbons (Fsp3) is 0.300. The SMILES string of the molecule is COC/C(=N\O)c1ccc(OC(F)(F)F)cc1. The predicted octanol–water partition coefficient (Wildman–Crippen LogP) is 2.41. The van der Waals surface area contributed by atoms with Crippen molar-refractivity contribution in [3.63, 3.8) is 0 Å². The number of benzene rings is 1. The second kappa shape index (κ2) is 5.53. The normalized spacial score (nSPS) is 12.6. The Morgan fingerprint density at radius 3 is 2.29 bits per heavy atom. The van der Waals surface area contributed by atoms with E-state index in [1.54, 1.807) is 0 Å². The molecule has 0 aliphatic rings. The first-order valence-corrected chi connectivity index (χ1v) is 4.52. The molecule has 17 heavy (non-hydrogen) atoms. The molecular weight excluding hydrogens is 239 g/mol. The van der Waals surface area contributed by atoms with Gasteiger partial charge in [-0.05, 0) is 24.3 Å². The number of hydrogen-bond donors (Lipinski definition) is 1. The van der Waals surface area contributed by atoms with Crippen LogP contribution < -0.4 is 4.74 Å². The van der Waals surface area contributed by atoms with E-state index in [4.69, 9.17) is 9.94 Å². The van der Waals surface area contributed by atoms with E-state index in [-0.39, 0.29) is 18.1 Å². The van der Waals surface area contributed by atoms with Crippen molar-refractivity contribution in [3.8, 4) is 5.75 Å². The molecule has 0 saturated heterocycles. The molecule has 0 amide bonds. The monoisotopic (exact) mass is 249 g/mol. The van der Waals surface area contributed by atoms with Crippen LogP contribution in [0.15, 0.2) is 29.4 Å². The van der Waals surface area contributed by atoms with Gasteiger partial charge in [0.05, 0.1) is 6.61 Å². The average Bonchev–Trinajstić information content (AvgIpc) is 2.25. The van der Waals surface area contributed by atoms with Crippen molar-refractivity contribution in [1.82, 2.24) is 0 Å². The van der Waals surface area contributed by atoms with E-state index in [9.17, 15) is 13.2 Å². The van der Waals surface area contributed by atoms with Crippen LogP contribution in [0.3, 0.4) is 0 Å². The molecule has 0 bridgehead atoms. The van der Waals surface area contributed by atoms with Gasteiger partial charge in [0, 0.05) is 12.7 Å². The Morgan fingerprint density at radius 1 is 1.29 bits per heavy atom. The molecule has 1 N–H and O–H groups in total. The third-order valence-electron chi connectivity index (χ3n) is 1.82. The van der Waals surface area contributed by atoms with Gasteiger partial charge in [-0.15, -0.1) is 13.2 Å². The second-order valence-electron chi connectivity index (χ2n) is 3.05. The number of oxime groups is 1. The molecule has 0 saturated carbocycles. The molecule has 0 radical (unpaired) electrons. The van der Waals surface area contributed by atoms with Gasteiger partial charge in [-0.3, -0.25) is 0 Å². The first-order chi connectivity index (χ1) is 7.96. The number of alkyl halides is 3. The van der Waals surface area contributed by atoms with Gasteiger partial charge < -0.3 is 14.7 Å². The first kappa shape index (κ1) is 13.3. The molecule has 0 fully saturated rings. The molecule has 0 unspecified atom stereocenters. The van der Waals surface area contributed by atoms with Gasteiger partial charge in [-0.25, -0.2) is 0 Å². The van der Waals surface area contributed by atoms with Gasteiger partial charge in [0.15, 0.2) is 0 Å². The van der Waals surface area contributed by atoms with E-state index in [0.29, 0.717) is 5.56 Å². The van der Waals surface area contributed by atoms with Gasteiger partial charge in [0.2, 0.25) is 0 Å². The number of rotatable bonds is 4. The summed E-state index contributed by atoms with van der Waals surface area (Å²) >= 11 is 0. The summed E-state index contributed by atoms with van der Waals surface area (Å²) in [5, 5.41) is 11.6. The van der Waals surface area contributed by atoms with Crippen LogP contribution in [0.1, 0.15) is 5.56 Å². The number of ether oxygens (including phenoxy) is 2. The van der Waals surface area contributed by atoms with Crippen LogP contribution >= 0.6 is 0 Å². The van der Waals surface area contributed by atoms with Crippen molar-refractivity contribution in [2.75, 3.05) is 13.7 Å². The third-order valence-corrected chi connectivity index (χ3v) is 1.82. The van der Waals surface area contributed by atoms with Gasteiger partial charge in [-0.1, -0.05) is 5.16 Å². The van der Waals surface area contributed by atoms with Gasteiger partial charge >= 0.3 is 6.36 Å². The molecule has 0 atom stereocenters. The van der Waals surface area contributed by atoms with Crippen molar-refractivity contribution < 1.29 is 27.9 Å². The zero-order valence-corrected chi connectivity index (χ0v) is 8.86. The van der Waals surface area contributed by atoms with Crippen molar-refractivity contribution in [3.05, 3.63) is 29.8 Å². The summed E-state index contributed by atoms with van der Waals surface area (Å²) < 4.78 is 44.1. The van der Waals surface area contributed by atoms with E-state index in [1.165, 1.54) is 19.2 Å². The lowest BCUT2D eigenvalue weighted by atomic mass is 10.1. The number of hydrogen-bond acceptors (Lipinski definition) is 4. The molecule has 0 aliphatic carbocycles. The zero-order valence-electron chi connectivity index (χ0n) is 8.86. The van der Waals surface area contributed by atoms with Crippen LogP contribution in [0.5, 0.6) is 5.75 Å². The summed E-state index contributed by atoms with van der Waals surface area (Å²) in [5.74, 6) is -0.337. The predicted molar refractivity (Wildman–Crippen MR) is 53.3 cm³/mol. The highest BCUT2D eigenvalue weighted by atomic mass is 19.4. The minimum atomic E-state index is -4.72. The summed E-state index contributed by atoms with van der Waals surface area (Å²) in [7, 11) is 1.41. The first-order valence-electron chi connectivity index (χ1n) is 4.52. The molecule has 0 heterocycles. The van der Waals surface area contributed by atoms with Crippen molar-refractivity contribution >= 4 is 5.71 Å². The van der Waals surface area contributed by atoms with E-state index in [1.807, 2.05) is 0 Å². The third kappa shape index (κ3) is 4.31. The molecule has 1 aromatic rings. The van der Waals surface area contributed by atoms with Crippen LogP contribution in [0, 0.1) is 0 Å². The summed E-state index contributed by atoms with van der Waals surface area (Å²) in [6.45, 7) is 0.0516. The number of halogens is 3. The van der Waals surface area contributed by atoms with Gasteiger partial charge in [-0.2, -0.15) is 0 Å². The largest absolute Gasteiger partial charge is 0.573 e. The maximum absolute atomic E-state index is 11.9. The molecule has 94 valence electrons. The molecule has 1 aromatic carbocycles. The molecule has 0 spiro atoms. The van der Waals surface area contributed by atoms with Crippen LogP contribution in [0.2, 0.25) is 0 Å². The molecule has 1 rings (SSSR count). The van der Waals surface area contributed by atoms with Crippen molar-refractivity contribution in [1.29, 1.82) is 0 Å². The van der Waals surface area contributed by atoms with E-state index < -0.39 is 6.36 Å². The standard InChI is InChI=1S/C10H10F3NO3/c1-16-6-9(14-15)7-2-4-8(5-3-7)17-10(11,12)13/h2-5,15H,6H2,1H3/b14-9+. The smallest absolute Gasteiger partial charge is 0.411 e. The minimum Gasteiger partial charge on any atom is -0.411 e. The Kier molecular flexibility index (Phi) is 4.33. The number of nitrogens with zero attached hydrogens (tertiary/aromatic N) is 1. The lowest BCUT2D eigenvalue weighted by Crippen LogP contribution is -2.17. The minimum absolute atomic E-state index is 0.0516. The Bertz CT molecular complexity index is 387. The Balaban J connectivity index is 2.80. The molecule has 4 nitrogen and oxygen atoms in total. The highest BCUT2D eigenvalue weighted by Gasteiger charge is 2.30. The summed E-state index contributed by atoms with van der Waals surface area (Å²) in [6.07, 6.45) is -4.72. The Hall–Kier alpha value is -1.76. The fourth-order valence-corrected chi connectivity index (χ4v) is 1.16. The molecular formula is C10H10F3NO3. The molecule has 7 heteroatoms. The Morgan fingerprint density at radius 2 is 1.88 bits per heavy atom. The second-order valence-corrected chi connectivity index (χ2v) is 3.05. The van der Waals surface area contributed by atoms with Crippen LogP contribution in [-0.4, -0.2) is 31.0 Å². The topological polar surface area (TPSA) is 51.0 Å². The summed E-state index contributed by atoms with van der Waals surface area (Å²) in [5.41, 5.74) is 0.662. The quantitative estimate of drug-likeness (QED) is 0.506. The lowest BCUT2D eigenvalue weighted by molar-refractivity contribution is -0.274. The van der Waals surface area contributed by atoms with Crippen LogP contribution in [0.4, 0.5) is 13.2 Å². The summed E-state index contributed by atoms with van der Waals surface area (Å²) in [6, 6.07) is 4.94. The molecule has 0 aliphatic heterocycles. The van der Waals surface area contributed by atoms with Crippen molar-refractivity contribution in [2.24, 2.45) is 5.16 Å². The maximum Gasteiger partial charge on any atom is 0.573 e. The van der Waals surface area contributed by atoms with E-state index in [2.05, 4.69) is 9.89 Å². The van der Waals surface area contributed by atoms with Crippen molar-refractivity contribution in [2.45, 2.75) is 6.36 Å². The van der Waals surface area contributed by atoms with Gasteiger partial charge in [0.1, 0.15) is 11.5 Å². The summed E-state index contributed by atoms with van der Waals surface area (Å²) in [4.78, 5) is 0. The molecule has 0 aromatic heterocycles. The number of methoxy groups -OCH3 is 1. The van der Waals surface area contributed by atoms with Crippen LogP contribution in [0.25, 0.3) is 0 Å². The zero-order chi connectivity index (χ0) is 12.9. The maximum atomic E-state index is 11.9.